The molecule has 2 saturated heterocycles. The van der Waals surface area contributed by atoms with Gasteiger partial charge in [0.2, 0.25) is 0 Å². The molecular formula is C17H23NO5. The molecule has 2 aliphatic rings. The largest absolute Gasteiger partial charge is 0.444 e. The summed E-state index contributed by atoms with van der Waals surface area (Å²) in [6, 6.07) is 9.51. The van der Waals surface area contributed by atoms with Gasteiger partial charge in [-0.1, -0.05) is 37.3 Å². The molecule has 0 saturated carbocycles. The van der Waals surface area contributed by atoms with Crippen LogP contribution < -0.4 is 0 Å². The Morgan fingerprint density at radius 2 is 2.13 bits per heavy atom. The number of likely N-dealkylation sites (tertiary alicyclic amines) is 1. The SMILES string of the molecule is CO[C@@H]1[C@@H]2O[C@H](CN1C(=O)OCc1ccccc1)[C@@H](C)[C@]2(C)O. The second-order valence-electron chi connectivity index (χ2n) is 6.43. The van der Waals surface area contributed by atoms with Crippen LogP contribution in [0.4, 0.5) is 4.79 Å². The van der Waals surface area contributed by atoms with Gasteiger partial charge in [0.05, 0.1) is 18.2 Å². The minimum atomic E-state index is -1.04. The second-order valence-corrected chi connectivity index (χ2v) is 6.43. The molecule has 0 aliphatic carbocycles. The summed E-state index contributed by atoms with van der Waals surface area (Å²) in [6.45, 7) is 4.21. The Bertz CT molecular complexity index is 561. The Morgan fingerprint density at radius 1 is 1.43 bits per heavy atom. The molecular weight excluding hydrogens is 298 g/mol. The fourth-order valence-corrected chi connectivity index (χ4v) is 3.33. The van der Waals surface area contributed by atoms with Gasteiger partial charge in [0.25, 0.3) is 0 Å². The molecule has 3 rings (SSSR count). The number of methoxy groups -OCH3 is 1. The number of rotatable bonds is 3. The van der Waals surface area contributed by atoms with Crippen LogP contribution in [0.15, 0.2) is 30.3 Å². The average Bonchev–Trinajstić information content (AvgIpc) is 2.74. The minimum Gasteiger partial charge on any atom is -0.444 e. The second kappa shape index (κ2) is 6.11. The molecule has 2 heterocycles. The van der Waals surface area contributed by atoms with Crippen LogP contribution >= 0.6 is 0 Å². The van der Waals surface area contributed by atoms with Crippen molar-refractivity contribution in [3.8, 4) is 0 Å². The van der Waals surface area contributed by atoms with Gasteiger partial charge in [-0.3, -0.25) is 4.90 Å². The van der Waals surface area contributed by atoms with E-state index < -0.39 is 24.0 Å². The summed E-state index contributed by atoms with van der Waals surface area (Å²) in [5.41, 5.74) is -0.119. The first-order valence-corrected chi connectivity index (χ1v) is 7.83. The van der Waals surface area contributed by atoms with E-state index in [1.54, 1.807) is 6.92 Å². The zero-order valence-corrected chi connectivity index (χ0v) is 13.6. The van der Waals surface area contributed by atoms with Crippen molar-refractivity contribution < 1.29 is 24.1 Å². The predicted molar refractivity (Wildman–Crippen MR) is 82.6 cm³/mol. The highest BCUT2D eigenvalue weighted by Gasteiger charge is 2.59. The van der Waals surface area contributed by atoms with Crippen LogP contribution in [0.3, 0.4) is 0 Å². The molecule has 5 atom stereocenters. The van der Waals surface area contributed by atoms with E-state index in [9.17, 15) is 9.90 Å². The lowest BCUT2D eigenvalue weighted by molar-refractivity contribution is -0.189. The fourth-order valence-electron chi connectivity index (χ4n) is 3.33. The van der Waals surface area contributed by atoms with Crippen LogP contribution in [0.1, 0.15) is 19.4 Å². The summed E-state index contributed by atoms with van der Waals surface area (Å²) in [7, 11) is 1.50. The maximum atomic E-state index is 12.5. The standard InChI is InChI=1S/C17H23NO5/c1-11-13-9-18(15(21-3)14(23-13)17(11,2)20)16(19)22-10-12-7-5-4-6-8-12/h4-8,11,13-15,20H,9-10H2,1-3H3/t11-,13-,14+,15-,17+/m1/s1. The van der Waals surface area contributed by atoms with Gasteiger partial charge in [0.15, 0.2) is 6.23 Å². The summed E-state index contributed by atoms with van der Waals surface area (Å²) in [5.74, 6) is -0.0860. The number of hydrogen-bond acceptors (Lipinski definition) is 5. The van der Waals surface area contributed by atoms with Crippen molar-refractivity contribution in [3.63, 3.8) is 0 Å². The van der Waals surface area contributed by atoms with Gasteiger partial charge >= 0.3 is 6.09 Å². The Kier molecular flexibility index (Phi) is 4.31. The molecule has 1 N–H and O–H groups in total. The van der Waals surface area contributed by atoms with Crippen molar-refractivity contribution in [2.24, 2.45) is 5.92 Å². The van der Waals surface area contributed by atoms with Gasteiger partial charge in [-0.25, -0.2) is 4.79 Å². The Labute approximate surface area is 135 Å². The number of hydrogen-bond donors (Lipinski definition) is 1. The van der Waals surface area contributed by atoms with Crippen LogP contribution in [-0.4, -0.2) is 53.8 Å². The zero-order chi connectivity index (χ0) is 16.6. The van der Waals surface area contributed by atoms with Crippen molar-refractivity contribution in [2.45, 2.75) is 44.5 Å². The maximum Gasteiger partial charge on any atom is 0.412 e. The first-order chi connectivity index (χ1) is 10.9. The van der Waals surface area contributed by atoms with Crippen molar-refractivity contribution >= 4 is 6.09 Å². The molecule has 0 radical (unpaired) electrons. The summed E-state index contributed by atoms with van der Waals surface area (Å²) < 4.78 is 16.7. The Morgan fingerprint density at radius 3 is 2.78 bits per heavy atom. The molecule has 126 valence electrons. The van der Waals surface area contributed by atoms with Crippen LogP contribution in [0.2, 0.25) is 0 Å². The highest BCUT2D eigenvalue weighted by atomic mass is 16.6. The van der Waals surface area contributed by atoms with E-state index in [4.69, 9.17) is 14.2 Å². The van der Waals surface area contributed by atoms with Gasteiger partial charge < -0.3 is 19.3 Å². The third kappa shape index (κ3) is 2.82. The molecule has 2 fully saturated rings. The fraction of sp³-hybridized carbons (Fsp3) is 0.588. The lowest BCUT2D eigenvalue weighted by atomic mass is 9.86. The van der Waals surface area contributed by atoms with E-state index in [1.807, 2.05) is 37.3 Å². The molecule has 2 bridgehead atoms. The molecule has 0 unspecified atom stereocenters. The number of aliphatic hydroxyl groups is 1. The highest BCUT2D eigenvalue weighted by molar-refractivity contribution is 5.68. The van der Waals surface area contributed by atoms with E-state index in [2.05, 4.69) is 0 Å². The van der Waals surface area contributed by atoms with Gasteiger partial charge in [-0.2, -0.15) is 0 Å². The summed E-state index contributed by atoms with van der Waals surface area (Å²) in [6.07, 6.45) is -1.91. The van der Waals surface area contributed by atoms with Gasteiger partial charge in [0.1, 0.15) is 12.7 Å². The normalized spacial score (nSPS) is 36.1. The number of ether oxygens (including phenoxy) is 3. The summed E-state index contributed by atoms with van der Waals surface area (Å²) >= 11 is 0. The van der Waals surface area contributed by atoms with Crippen molar-refractivity contribution in [1.82, 2.24) is 4.90 Å². The van der Waals surface area contributed by atoms with E-state index in [0.717, 1.165) is 5.56 Å². The van der Waals surface area contributed by atoms with Crippen LogP contribution in [0.5, 0.6) is 0 Å². The van der Waals surface area contributed by atoms with Gasteiger partial charge in [0, 0.05) is 13.0 Å². The number of carbonyl (C=O) groups is 1. The summed E-state index contributed by atoms with van der Waals surface area (Å²) in [4.78, 5) is 14.0. The molecule has 1 amide bonds. The molecule has 23 heavy (non-hydrogen) atoms. The zero-order valence-electron chi connectivity index (χ0n) is 13.6. The Balaban J connectivity index is 1.71. The van der Waals surface area contributed by atoms with Crippen molar-refractivity contribution in [3.05, 3.63) is 35.9 Å². The number of fused-ring (bicyclic) bond motifs is 2. The number of amides is 1. The predicted octanol–water partition coefficient (Wildman–Crippen LogP) is 1.77. The number of benzene rings is 1. The highest BCUT2D eigenvalue weighted by Crippen LogP contribution is 2.43. The quantitative estimate of drug-likeness (QED) is 0.919. The first-order valence-electron chi connectivity index (χ1n) is 7.83. The number of morpholine rings is 1. The smallest absolute Gasteiger partial charge is 0.412 e. The molecule has 6 heteroatoms. The summed E-state index contributed by atoms with van der Waals surface area (Å²) in [5, 5.41) is 10.7. The van der Waals surface area contributed by atoms with E-state index in [-0.39, 0.29) is 18.6 Å². The van der Waals surface area contributed by atoms with Gasteiger partial charge in [-0.05, 0) is 12.5 Å². The minimum absolute atomic E-state index is 0.0860. The lowest BCUT2D eigenvalue weighted by Gasteiger charge is -2.40. The molecule has 0 aromatic heterocycles. The number of carbonyl (C=O) groups excluding carboxylic acids is 1. The first kappa shape index (κ1) is 16.2. The monoisotopic (exact) mass is 321 g/mol. The van der Waals surface area contributed by atoms with E-state index in [1.165, 1.54) is 12.0 Å². The maximum absolute atomic E-state index is 12.5. The molecule has 1 aromatic rings. The van der Waals surface area contributed by atoms with E-state index in [0.29, 0.717) is 6.54 Å². The van der Waals surface area contributed by atoms with E-state index >= 15 is 0 Å². The molecule has 2 aliphatic heterocycles. The number of nitrogens with zero attached hydrogens (tertiary/aromatic N) is 1. The third-order valence-electron chi connectivity index (χ3n) is 5.00. The topological polar surface area (TPSA) is 68.2 Å². The van der Waals surface area contributed by atoms with Crippen LogP contribution in [-0.2, 0) is 20.8 Å². The van der Waals surface area contributed by atoms with Crippen molar-refractivity contribution in [1.29, 1.82) is 0 Å². The molecule has 0 spiro atoms. The van der Waals surface area contributed by atoms with Crippen LogP contribution in [0.25, 0.3) is 0 Å². The Hall–Kier alpha value is -1.63. The third-order valence-corrected chi connectivity index (χ3v) is 5.00. The molecule has 6 nitrogen and oxygen atoms in total. The molecule has 1 aromatic carbocycles. The van der Waals surface area contributed by atoms with Crippen LogP contribution in [0, 0.1) is 5.92 Å². The average molecular weight is 321 g/mol. The van der Waals surface area contributed by atoms with Crippen molar-refractivity contribution in [2.75, 3.05) is 13.7 Å². The lowest BCUT2D eigenvalue weighted by Crippen LogP contribution is -2.58. The van der Waals surface area contributed by atoms with Gasteiger partial charge in [-0.15, -0.1) is 0 Å².